The highest BCUT2D eigenvalue weighted by Crippen LogP contribution is 2.45. The summed E-state index contributed by atoms with van der Waals surface area (Å²) < 4.78 is 19.0. The Kier molecular flexibility index (Phi) is 5.59. The molecule has 2 aliphatic heterocycles. The summed E-state index contributed by atoms with van der Waals surface area (Å²) in [5.74, 6) is 1.42. The van der Waals surface area contributed by atoms with Crippen molar-refractivity contribution in [2.24, 2.45) is 11.8 Å². The molecule has 0 saturated carbocycles. The number of hydrogen-bond donors (Lipinski definition) is 0. The maximum Gasteiger partial charge on any atom is 0.254 e. The van der Waals surface area contributed by atoms with E-state index in [4.69, 9.17) is 4.74 Å². The van der Waals surface area contributed by atoms with Crippen LogP contribution in [0.5, 0.6) is 5.75 Å². The monoisotopic (exact) mass is 396 g/mol. The van der Waals surface area contributed by atoms with E-state index < -0.39 is 0 Å². The average Bonchev–Trinajstić information content (AvgIpc) is 3.27. The minimum atomic E-state index is -0.276. The van der Waals surface area contributed by atoms with E-state index in [9.17, 15) is 9.18 Å². The summed E-state index contributed by atoms with van der Waals surface area (Å²) in [6.45, 7) is 7.82. The van der Waals surface area contributed by atoms with Crippen LogP contribution in [0.25, 0.3) is 0 Å². The van der Waals surface area contributed by atoms with Gasteiger partial charge in [0, 0.05) is 31.1 Å². The van der Waals surface area contributed by atoms with Crippen molar-refractivity contribution < 1.29 is 13.9 Å². The van der Waals surface area contributed by atoms with Gasteiger partial charge in [-0.25, -0.2) is 4.39 Å². The number of methoxy groups -OCH3 is 1. The van der Waals surface area contributed by atoms with Gasteiger partial charge >= 0.3 is 0 Å². The van der Waals surface area contributed by atoms with Gasteiger partial charge in [0.15, 0.2) is 0 Å². The van der Waals surface area contributed by atoms with E-state index in [1.54, 1.807) is 26.2 Å². The molecule has 2 heterocycles. The SMILES string of the molecule is CCCN1C[C@H]2CN(C(=O)c3ccc(F)c(C)c3)[C@@H](c3ccc(OC)cc3)[C@H]2C1. The molecule has 0 unspecified atom stereocenters. The van der Waals surface area contributed by atoms with Crippen molar-refractivity contribution in [2.45, 2.75) is 26.3 Å². The number of nitrogens with zero attached hydrogens (tertiary/aromatic N) is 2. The van der Waals surface area contributed by atoms with Crippen molar-refractivity contribution in [1.82, 2.24) is 9.80 Å². The molecule has 29 heavy (non-hydrogen) atoms. The lowest BCUT2D eigenvalue weighted by Crippen LogP contribution is -2.36. The van der Waals surface area contributed by atoms with E-state index in [2.05, 4.69) is 24.0 Å². The summed E-state index contributed by atoms with van der Waals surface area (Å²) in [7, 11) is 1.66. The number of amides is 1. The van der Waals surface area contributed by atoms with E-state index in [0.717, 1.165) is 43.9 Å². The predicted octanol–water partition coefficient (Wildman–Crippen LogP) is 4.30. The van der Waals surface area contributed by atoms with Crippen molar-refractivity contribution in [1.29, 1.82) is 0 Å². The number of ether oxygens (including phenoxy) is 1. The molecule has 0 N–H and O–H groups in total. The molecule has 3 atom stereocenters. The summed E-state index contributed by atoms with van der Waals surface area (Å²) in [6, 6.07) is 12.8. The Labute approximate surface area is 172 Å². The zero-order valence-electron chi connectivity index (χ0n) is 17.4. The molecule has 5 heteroatoms. The minimum Gasteiger partial charge on any atom is -0.497 e. The first-order valence-electron chi connectivity index (χ1n) is 10.4. The van der Waals surface area contributed by atoms with E-state index in [0.29, 0.717) is 23.0 Å². The van der Waals surface area contributed by atoms with Crippen molar-refractivity contribution in [2.75, 3.05) is 33.3 Å². The summed E-state index contributed by atoms with van der Waals surface area (Å²) in [4.78, 5) is 18.0. The number of fused-ring (bicyclic) bond motifs is 1. The van der Waals surface area contributed by atoms with E-state index in [1.807, 2.05) is 17.0 Å². The summed E-state index contributed by atoms with van der Waals surface area (Å²) in [6.07, 6.45) is 1.14. The molecule has 0 radical (unpaired) electrons. The van der Waals surface area contributed by atoms with Crippen LogP contribution in [0.15, 0.2) is 42.5 Å². The zero-order chi connectivity index (χ0) is 20.5. The van der Waals surface area contributed by atoms with Gasteiger partial charge in [0.1, 0.15) is 11.6 Å². The third-order valence-electron chi connectivity index (χ3n) is 6.40. The fourth-order valence-corrected chi connectivity index (χ4v) is 5.02. The number of hydrogen-bond acceptors (Lipinski definition) is 3. The van der Waals surface area contributed by atoms with Crippen LogP contribution in [0.1, 0.15) is 40.9 Å². The largest absolute Gasteiger partial charge is 0.497 e. The molecule has 2 saturated heterocycles. The average molecular weight is 397 g/mol. The Morgan fingerprint density at radius 3 is 2.55 bits per heavy atom. The third-order valence-corrected chi connectivity index (χ3v) is 6.40. The molecule has 1 amide bonds. The molecule has 4 nitrogen and oxygen atoms in total. The van der Waals surface area contributed by atoms with Crippen molar-refractivity contribution in [3.63, 3.8) is 0 Å². The number of rotatable bonds is 5. The number of benzene rings is 2. The number of aryl methyl sites for hydroxylation is 1. The third kappa shape index (κ3) is 3.76. The first kappa shape index (κ1) is 19.9. The van der Waals surface area contributed by atoms with Gasteiger partial charge in [0.2, 0.25) is 0 Å². The van der Waals surface area contributed by atoms with Gasteiger partial charge in [-0.1, -0.05) is 19.1 Å². The molecule has 2 aliphatic rings. The highest BCUT2D eigenvalue weighted by atomic mass is 19.1. The van der Waals surface area contributed by atoms with Crippen LogP contribution in [-0.4, -0.2) is 49.0 Å². The fraction of sp³-hybridized carbons (Fsp3) is 0.458. The maximum atomic E-state index is 13.7. The van der Waals surface area contributed by atoms with Crippen LogP contribution in [0.3, 0.4) is 0 Å². The Bertz CT molecular complexity index is 883. The van der Waals surface area contributed by atoms with Gasteiger partial charge in [0.25, 0.3) is 5.91 Å². The number of likely N-dealkylation sites (tertiary alicyclic amines) is 2. The van der Waals surface area contributed by atoms with Crippen LogP contribution in [0, 0.1) is 24.6 Å². The van der Waals surface area contributed by atoms with Gasteiger partial charge < -0.3 is 14.5 Å². The number of carbonyl (C=O) groups is 1. The van der Waals surface area contributed by atoms with Gasteiger partial charge in [-0.05, 0) is 67.3 Å². The van der Waals surface area contributed by atoms with Crippen LogP contribution in [-0.2, 0) is 0 Å². The summed E-state index contributed by atoms with van der Waals surface area (Å²) in [5, 5.41) is 0. The second kappa shape index (κ2) is 8.15. The smallest absolute Gasteiger partial charge is 0.254 e. The topological polar surface area (TPSA) is 32.8 Å². The number of halogens is 1. The van der Waals surface area contributed by atoms with Gasteiger partial charge in [-0.2, -0.15) is 0 Å². The van der Waals surface area contributed by atoms with Gasteiger partial charge in [0.05, 0.1) is 13.2 Å². The molecule has 0 aromatic heterocycles. The van der Waals surface area contributed by atoms with E-state index >= 15 is 0 Å². The van der Waals surface area contributed by atoms with Crippen molar-refractivity contribution in [3.05, 3.63) is 65.0 Å². The summed E-state index contributed by atoms with van der Waals surface area (Å²) in [5.41, 5.74) is 2.21. The summed E-state index contributed by atoms with van der Waals surface area (Å²) >= 11 is 0. The fourth-order valence-electron chi connectivity index (χ4n) is 5.02. The highest BCUT2D eigenvalue weighted by molar-refractivity contribution is 5.95. The Morgan fingerprint density at radius 1 is 1.14 bits per heavy atom. The molecule has 154 valence electrons. The van der Waals surface area contributed by atoms with E-state index in [-0.39, 0.29) is 17.8 Å². The maximum absolute atomic E-state index is 13.7. The van der Waals surface area contributed by atoms with Crippen molar-refractivity contribution in [3.8, 4) is 5.75 Å². The second-order valence-corrected chi connectivity index (χ2v) is 8.32. The zero-order valence-corrected chi connectivity index (χ0v) is 17.4. The molecule has 0 aliphatic carbocycles. The van der Waals surface area contributed by atoms with Gasteiger partial charge in [-0.3, -0.25) is 4.79 Å². The number of carbonyl (C=O) groups excluding carboxylic acids is 1. The van der Waals surface area contributed by atoms with Crippen LogP contribution < -0.4 is 4.74 Å². The molecule has 4 rings (SSSR count). The Morgan fingerprint density at radius 2 is 1.90 bits per heavy atom. The molecule has 2 aromatic carbocycles. The van der Waals surface area contributed by atoms with Crippen molar-refractivity contribution >= 4 is 5.91 Å². The second-order valence-electron chi connectivity index (χ2n) is 8.32. The lowest BCUT2D eigenvalue weighted by molar-refractivity contribution is 0.0700. The Hall–Kier alpha value is -2.40. The molecule has 0 bridgehead atoms. The lowest BCUT2D eigenvalue weighted by Gasteiger charge is -2.30. The molecule has 2 fully saturated rings. The molecular weight excluding hydrogens is 367 g/mol. The van der Waals surface area contributed by atoms with Crippen LogP contribution in [0.2, 0.25) is 0 Å². The quantitative estimate of drug-likeness (QED) is 0.756. The van der Waals surface area contributed by atoms with Crippen LogP contribution in [0.4, 0.5) is 4.39 Å². The molecule has 2 aromatic rings. The minimum absolute atomic E-state index is 0.00893. The molecular formula is C24H29FN2O2. The van der Waals surface area contributed by atoms with Gasteiger partial charge in [-0.15, -0.1) is 0 Å². The van der Waals surface area contributed by atoms with Crippen LogP contribution >= 0.6 is 0 Å². The molecule has 0 spiro atoms. The Balaban J connectivity index is 1.66. The standard InChI is InChI=1S/C24H29FN2O2/c1-4-11-26-13-19-14-27(24(28)18-7-10-22(25)16(2)12-18)23(21(19)15-26)17-5-8-20(29-3)9-6-17/h5-10,12,19,21,23H,4,11,13-15H2,1-3H3/t19-,21-,23-/m0/s1. The predicted molar refractivity (Wildman–Crippen MR) is 112 cm³/mol. The first-order valence-corrected chi connectivity index (χ1v) is 10.4. The van der Waals surface area contributed by atoms with E-state index in [1.165, 1.54) is 6.07 Å². The normalized spacial score (nSPS) is 24.0. The highest BCUT2D eigenvalue weighted by Gasteiger charge is 2.48. The first-order chi connectivity index (χ1) is 14.0. The lowest BCUT2D eigenvalue weighted by atomic mass is 9.89.